The van der Waals surface area contributed by atoms with Gasteiger partial charge in [-0.05, 0) is 55.5 Å². The average molecular weight is 376 g/mol. The van der Waals surface area contributed by atoms with Gasteiger partial charge in [-0.25, -0.2) is 13.4 Å². The van der Waals surface area contributed by atoms with Crippen molar-refractivity contribution >= 4 is 27.0 Å². The molecule has 0 bridgehead atoms. The second-order valence-electron chi connectivity index (χ2n) is 5.10. The summed E-state index contributed by atoms with van der Waals surface area (Å²) in [5.41, 5.74) is 0.268. The van der Waals surface area contributed by atoms with Gasteiger partial charge in [-0.2, -0.15) is 0 Å². The van der Waals surface area contributed by atoms with Gasteiger partial charge < -0.3 is 9.47 Å². The van der Waals surface area contributed by atoms with Crippen LogP contribution in [0.4, 0.5) is 5.69 Å². The molecule has 0 atom stereocenters. The molecule has 25 heavy (non-hydrogen) atoms. The predicted molar refractivity (Wildman–Crippen MR) is 97.2 cm³/mol. The minimum absolute atomic E-state index is 0.171. The smallest absolute Gasteiger partial charge is 0.271 e. The fraction of sp³-hybridized carbons (Fsp3) is 0.118. The zero-order valence-corrected chi connectivity index (χ0v) is 15.2. The third kappa shape index (κ3) is 4.09. The van der Waals surface area contributed by atoms with E-state index in [-0.39, 0.29) is 15.8 Å². The normalized spacial score (nSPS) is 11.1. The number of nitrogens with one attached hydrogen (secondary N) is 1. The van der Waals surface area contributed by atoms with Crippen molar-refractivity contribution in [2.75, 3.05) is 11.8 Å². The first kappa shape index (κ1) is 17.2. The Morgan fingerprint density at radius 2 is 1.76 bits per heavy atom. The maximum atomic E-state index is 12.5. The Balaban J connectivity index is 1.85. The number of thiophene rings is 1. The topological polar surface area (TPSA) is 77.5 Å². The second-order valence-corrected chi connectivity index (χ2v) is 8.30. The van der Waals surface area contributed by atoms with E-state index in [4.69, 9.17) is 9.47 Å². The zero-order chi connectivity index (χ0) is 17.9. The molecule has 0 aliphatic heterocycles. The Labute approximate surface area is 150 Å². The number of benzene rings is 1. The number of aromatic nitrogens is 1. The van der Waals surface area contributed by atoms with Gasteiger partial charge in [0.15, 0.2) is 0 Å². The molecule has 3 aromatic rings. The Morgan fingerprint density at radius 3 is 2.40 bits per heavy atom. The van der Waals surface area contributed by atoms with Crippen LogP contribution in [0, 0.1) is 6.92 Å². The number of nitrogens with zero attached hydrogens (tertiary/aromatic N) is 1. The number of anilines is 1. The lowest BCUT2D eigenvalue weighted by Crippen LogP contribution is -2.12. The summed E-state index contributed by atoms with van der Waals surface area (Å²) >= 11 is 1.20. The Kier molecular flexibility index (Phi) is 4.91. The number of hydrogen-bond donors (Lipinski definition) is 1. The Bertz CT molecular complexity index is 966. The number of sulfonamides is 1. The Hall–Kier alpha value is -2.58. The molecule has 0 fully saturated rings. The van der Waals surface area contributed by atoms with Crippen molar-refractivity contribution in [1.29, 1.82) is 0 Å². The van der Waals surface area contributed by atoms with Gasteiger partial charge in [0.2, 0.25) is 5.88 Å². The van der Waals surface area contributed by atoms with Crippen LogP contribution in [0.5, 0.6) is 17.4 Å². The van der Waals surface area contributed by atoms with Gasteiger partial charge in [0, 0.05) is 11.1 Å². The fourth-order valence-electron chi connectivity index (χ4n) is 2.06. The molecule has 8 heteroatoms. The van der Waals surface area contributed by atoms with Gasteiger partial charge in [-0.3, -0.25) is 4.72 Å². The van der Waals surface area contributed by atoms with Crippen LogP contribution >= 0.6 is 11.3 Å². The van der Waals surface area contributed by atoms with Crippen molar-refractivity contribution in [3.63, 3.8) is 0 Å². The Morgan fingerprint density at radius 1 is 1.04 bits per heavy atom. The van der Waals surface area contributed by atoms with Gasteiger partial charge in [0.1, 0.15) is 21.4 Å². The van der Waals surface area contributed by atoms with Crippen molar-refractivity contribution < 1.29 is 17.9 Å². The molecule has 0 amide bonds. The molecule has 0 aliphatic rings. The van der Waals surface area contributed by atoms with E-state index in [1.807, 2.05) is 6.92 Å². The molecule has 3 rings (SSSR count). The fourth-order valence-corrected chi connectivity index (χ4v) is 4.40. The van der Waals surface area contributed by atoms with Gasteiger partial charge >= 0.3 is 0 Å². The van der Waals surface area contributed by atoms with E-state index in [1.54, 1.807) is 55.6 Å². The first-order valence-corrected chi connectivity index (χ1v) is 9.64. The molecule has 0 spiro atoms. The number of ether oxygens (including phenoxy) is 2. The molecule has 0 saturated heterocycles. The summed E-state index contributed by atoms with van der Waals surface area (Å²) in [7, 11) is -2.11. The van der Waals surface area contributed by atoms with Crippen LogP contribution in [0.1, 0.15) is 4.88 Å². The van der Waals surface area contributed by atoms with E-state index < -0.39 is 10.0 Å². The molecule has 130 valence electrons. The van der Waals surface area contributed by atoms with Crippen LogP contribution < -0.4 is 14.2 Å². The van der Waals surface area contributed by atoms with E-state index in [0.29, 0.717) is 11.5 Å². The van der Waals surface area contributed by atoms with Crippen LogP contribution in [0.2, 0.25) is 0 Å². The molecule has 2 aromatic heterocycles. The summed E-state index contributed by atoms with van der Waals surface area (Å²) < 4.78 is 38.6. The predicted octanol–water partition coefficient (Wildman–Crippen LogP) is 4.05. The van der Waals surface area contributed by atoms with Gasteiger partial charge in [0.25, 0.3) is 10.0 Å². The van der Waals surface area contributed by atoms with Crippen LogP contribution in [-0.4, -0.2) is 20.5 Å². The van der Waals surface area contributed by atoms with Crippen LogP contribution in [-0.2, 0) is 10.0 Å². The molecule has 6 nitrogen and oxygen atoms in total. The van der Waals surface area contributed by atoms with Crippen LogP contribution in [0.3, 0.4) is 0 Å². The van der Waals surface area contributed by atoms with Crippen molar-refractivity contribution in [2.45, 2.75) is 11.1 Å². The number of rotatable bonds is 6. The van der Waals surface area contributed by atoms with E-state index >= 15 is 0 Å². The van der Waals surface area contributed by atoms with E-state index in [1.165, 1.54) is 17.5 Å². The van der Waals surface area contributed by atoms with Gasteiger partial charge in [0.05, 0.1) is 7.11 Å². The summed E-state index contributed by atoms with van der Waals surface area (Å²) in [6, 6.07) is 13.5. The zero-order valence-electron chi connectivity index (χ0n) is 13.6. The number of hydrogen-bond acceptors (Lipinski definition) is 6. The maximum absolute atomic E-state index is 12.5. The van der Waals surface area contributed by atoms with Crippen molar-refractivity contribution in [3.8, 4) is 17.4 Å². The summed E-state index contributed by atoms with van der Waals surface area (Å²) in [5.74, 6) is 1.39. The van der Waals surface area contributed by atoms with Crippen molar-refractivity contribution in [3.05, 3.63) is 59.6 Å². The average Bonchev–Trinajstić information content (AvgIpc) is 3.05. The minimum Gasteiger partial charge on any atom is -0.497 e. The third-order valence-electron chi connectivity index (χ3n) is 3.27. The number of methoxy groups -OCH3 is 1. The molecule has 0 saturated carbocycles. The summed E-state index contributed by atoms with van der Waals surface area (Å²) in [6.07, 6.45) is 1.53. The molecular weight excluding hydrogens is 360 g/mol. The van der Waals surface area contributed by atoms with Crippen molar-refractivity contribution in [2.24, 2.45) is 0 Å². The lowest BCUT2D eigenvalue weighted by Gasteiger charge is -2.11. The van der Waals surface area contributed by atoms with Gasteiger partial charge in [-0.1, -0.05) is 0 Å². The first-order valence-electron chi connectivity index (χ1n) is 7.34. The third-order valence-corrected chi connectivity index (χ3v) is 6.13. The standard InChI is InChI=1S/C17H16N2O4S2/c1-12-5-10-16(24-12)25(20,21)19-15-4-3-11-18-17(15)23-14-8-6-13(22-2)7-9-14/h3-11,19H,1-2H3. The summed E-state index contributed by atoms with van der Waals surface area (Å²) in [4.78, 5) is 5.04. The molecule has 0 unspecified atom stereocenters. The quantitative estimate of drug-likeness (QED) is 0.702. The molecular formula is C17H16N2O4S2. The SMILES string of the molecule is COc1ccc(Oc2ncccc2NS(=O)(=O)c2ccc(C)s2)cc1. The first-order chi connectivity index (χ1) is 12.0. The lowest BCUT2D eigenvalue weighted by molar-refractivity contribution is 0.412. The van der Waals surface area contributed by atoms with Crippen LogP contribution in [0.15, 0.2) is 58.9 Å². The number of pyridine rings is 1. The molecule has 1 aromatic carbocycles. The minimum atomic E-state index is -3.69. The lowest BCUT2D eigenvalue weighted by atomic mass is 10.3. The number of aryl methyl sites for hydroxylation is 1. The van der Waals surface area contributed by atoms with Crippen LogP contribution in [0.25, 0.3) is 0 Å². The highest BCUT2D eigenvalue weighted by molar-refractivity contribution is 7.94. The second kappa shape index (κ2) is 7.12. The highest BCUT2D eigenvalue weighted by Crippen LogP contribution is 2.31. The largest absolute Gasteiger partial charge is 0.497 e. The van der Waals surface area contributed by atoms with E-state index in [0.717, 1.165) is 4.88 Å². The molecule has 0 aliphatic carbocycles. The van der Waals surface area contributed by atoms with E-state index in [2.05, 4.69) is 9.71 Å². The van der Waals surface area contributed by atoms with E-state index in [9.17, 15) is 8.42 Å². The molecule has 1 N–H and O–H groups in total. The molecule has 2 heterocycles. The summed E-state index contributed by atoms with van der Waals surface area (Å²) in [6.45, 7) is 1.85. The highest BCUT2D eigenvalue weighted by Gasteiger charge is 2.19. The summed E-state index contributed by atoms with van der Waals surface area (Å²) in [5, 5.41) is 0. The van der Waals surface area contributed by atoms with Crippen molar-refractivity contribution in [1.82, 2.24) is 4.98 Å². The maximum Gasteiger partial charge on any atom is 0.271 e. The molecule has 0 radical (unpaired) electrons. The monoisotopic (exact) mass is 376 g/mol. The highest BCUT2D eigenvalue weighted by atomic mass is 32.2. The van der Waals surface area contributed by atoms with Gasteiger partial charge in [-0.15, -0.1) is 11.3 Å².